The number of carbonyl (C=O) groups is 5. The van der Waals surface area contributed by atoms with Gasteiger partial charge in [-0.25, -0.2) is 4.68 Å². The van der Waals surface area contributed by atoms with Crippen LogP contribution in [0.2, 0.25) is 0 Å². The molecule has 0 radical (unpaired) electrons. The molecule has 3 aliphatic rings. The predicted molar refractivity (Wildman–Crippen MR) is 129 cm³/mol. The summed E-state index contributed by atoms with van der Waals surface area (Å²) in [6.07, 6.45) is 2.61. The zero-order chi connectivity index (χ0) is 25.8. The molecule has 11 heteroatoms. The van der Waals surface area contributed by atoms with E-state index >= 15 is 0 Å². The lowest BCUT2D eigenvalue weighted by Crippen LogP contribution is -2.54. The van der Waals surface area contributed by atoms with E-state index in [9.17, 15) is 24.0 Å². The van der Waals surface area contributed by atoms with Crippen molar-refractivity contribution in [1.29, 1.82) is 0 Å². The zero-order valence-corrected chi connectivity index (χ0v) is 19.9. The van der Waals surface area contributed by atoms with E-state index < -0.39 is 29.7 Å². The smallest absolute Gasteiger partial charge is 0.262 e. The zero-order valence-electron chi connectivity index (χ0n) is 19.9. The van der Waals surface area contributed by atoms with Gasteiger partial charge in [0, 0.05) is 36.7 Å². The maximum absolute atomic E-state index is 13.2. The SMILES string of the molecule is CC(=O)N1CCC(n2cc(-c3ccc4c(c3)C(=O)N(C3CCC(=O)NC3=O)C4=O)nn2)c2ccccc21. The summed E-state index contributed by atoms with van der Waals surface area (Å²) in [7, 11) is 0. The molecule has 1 saturated heterocycles. The van der Waals surface area contributed by atoms with Gasteiger partial charge in [-0.15, -0.1) is 5.10 Å². The summed E-state index contributed by atoms with van der Waals surface area (Å²) in [6.45, 7) is 2.10. The first-order valence-electron chi connectivity index (χ1n) is 12.0. The van der Waals surface area contributed by atoms with Crippen molar-refractivity contribution in [2.75, 3.05) is 11.4 Å². The van der Waals surface area contributed by atoms with Crippen LogP contribution in [0.1, 0.15) is 58.5 Å². The van der Waals surface area contributed by atoms with Gasteiger partial charge in [0.2, 0.25) is 17.7 Å². The third kappa shape index (κ3) is 3.62. The number of hydrogen-bond donors (Lipinski definition) is 1. The van der Waals surface area contributed by atoms with Crippen LogP contribution in [0.5, 0.6) is 0 Å². The molecule has 6 rings (SSSR count). The molecule has 5 amide bonds. The highest BCUT2D eigenvalue weighted by Gasteiger charge is 2.44. The second kappa shape index (κ2) is 8.47. The number of carbonyl (C=O) groups excluding carboxylic acids is 5. The van der Waals surface area contributed by atoms with E-state index in [2.05, 4.69) is 15.6 Å². The standard InChI is InChI=1S/C26H22N6O5/c1-14(33)30-11-10-21(17-4-2-3-5-20(17)30)31-13-19(28-29-31)15-6-7-16-18(12-15)26(37)32(25(16)36)22-8-9-23(34)27-24(22)35/h2-7,12-13,21-22H,8-11H2,1H3,(H,27,34,35). The molecule has 0 spiro atoms. The minimum atomic E-state index is -1.02. The first-order chi connectivity index (χ1) is 17.8. The van der Waals surface area contributed by atoms with Crippen molar-refractivity contribution in [2.24, 2.45) is 0 Å². The molecule has 2 unspecified atom stereocenters. The van der Waals surface area contributed by atoms with Crippen LogP contribution in [0.15, 0.2) is 48.7 Å². The molecule has 0 aliphatic carbocycles. The summed E-state index contributed by atoms with van der Waals surface area (Å²) in [5.41, 5.74) is 3.33. The molecule has 186 valence electrons. The molecular weight excluding hydrogens is 476 g/mol. The Morgan fingerprint density at radius 3 is 2.54 bits per heavy atom. The van der Waals surface area contributed by atoms with Crippen LogP contribution < -0.4 is 10.2 Å². The van der Waals surface area contributed by atoms with Gasteiger partial charge in [-0.2, -0.15) is 0 Å². The maximum Gasteiger partial charge on any atom is 0.262 e. The average Bonchev–Trinajstić information content (AvgIpc) is 3.47. The number of hydrogen-bond acceptors (Lipinski definition) is 7. The lowest BCUT2D eigenvalue weighted by atomic mass is 9.96. The van der Waals surface area contributed by atoms with Crippen molar-refractivity contribution in [3.05, 3.63) is 65.4 Å². The third-order valence-corrected chi connectivity index (χ3v) is 7.16. The van der Waals surface area contributed by atoms with Crippen molar-refractivity contribution >= 4 is 35.2 Å². The van der Waals surface area contributed by atoms with E-state index in [1.54, 1.807) is 40.9 Å². The monoisotopic (exact) mass is 498 g/mol. The second-order valence-corrected chi connectivity index (χ2v) is 9.33. The van der Waals surface area contributed by atoms with Crippen molar-refractivity contribution in [1.82, 2.24) is 25.2 Å². The fourth-order valence-corrected chi connectivity index (χ4v) is 5.34. The Balaban J connectivity index is 1.29. The molecule has 0 saturated carbocycles. The molecule has 1 aromatic heterocycles. The van der Waals surface area contributed by atoms with Crippen LogP contribution in [0.4, 0.5) is 5.69 Å². The normalized spacial score (nSPS) is 21.1. The largest absolute Gasteiger partial charge is 0.312 e. The number of imide groups is 2. The van der Waals surface area contributed by atoms with Crippen LogP contribution in [0.3, 0.4) is 0 Å². The molecule has 2 aromatic carbocycles. The Bertz CT molecular complexity index is 1510. The number of nitrogens with zero attached hydrogens (tertiary/aromatic N) is 5. The number of rotatable bonds is 3. The van der Waals surface area contributed by atoms with Crippen LogP contribution in [0.25, 0.3) is 11.3 Å². The Morgan fingerprint density at radius 2 is 1.76 bits per heavy atom. The van der Waals surface area contributed by atoms with Gasteiger partial charge in [-0.1, -0.05) is 29.5 Å². The van der Waals surface area contributed by atoms with Crippen molar-refractivity contribution < 1.29 is 24.0 Å². The molecular formula is C26H22N6O5. The van der Waals surface area contributed by atoms with E-state index in [1.807, 2.05) is 24.3 Å². The Morgan fingerprint density at radius 1 is 0.973 bits per heavy atom. The fraction of sp³-hybridized carbons (Fsp3) is 0.269. The molecule has 3 aromatic rings. The highest BCUT2D eigenvalue weighted by molar-refractivity contribution is 6.23. The van der Waals surface area contributed by atoms with Gasteiger partial charge in [0.25, 0.3) is 11.8 Å². The molecule has 3 aliphatic heterocycles. The van der Waals surface area contributed by atoms with Gasteiger partial charge in [0.15, 0.2) is 0 Å². The molecule has 2 atom stereocenters. The van der Waals surface area contributed by atoms with E-state index in [0.717, 1.165) is 16.2 Å². The Hall–Kier alpha value is -4.67. The van der Waals surface area contributed by atoms with Gasteiger partial charge in [0.05, 0.1) is 23.4 Å². The topological polar surface area (TPSA) is 135 Å². The minimum absolute atomic E-state index is 0.0196. The van der Waals surface area contributed by atoms with Crippen LogP contribution >= 0.6 is 0 Å². The summed E-state index contributed by atoms with van der Waals surface area (Å²) < 4.78 is 1.75. The number of para-hydroxylation sites is 1. The number of nitrogens with one attached hydrogen (secondary N) is 1. The quantitative estimate of drug-likeness (QED) is 0.543. The van der Waals surface area contributed by atoms with Gasteiger partial charge in [0.1, 0.15) is 11.7 Å². The Kier molecular flexibility index (Phi) is 5.21. The number of benzene rings is 2. The number of amides is 5. The van der Waals surface area contributed by atoms with Crippen LogP contribution in [-0.2, 0) is 14.4 Å². The first-order valence-corrected chi connectivity index (χ1v) is 12.0. The third-order valence-electron chi connectivity index (χ3n) is 7.16. The van der Waals surface area contributed by atoms with Gasteiger partial charge in [-0.05, 0) is 31.0 Å². The molecule has 0 bridgehead atoms. The summed E-state index contributed by atoms with van der Waals surface area (Å²) in [5, 5.41) is 10.8. The lowest BCUT2D eigenvalue weighted by Gasteiger charge is -2.33. The fourth-order valence-electron chi connectivity index (χ4n) is 5.34. The molecule has 4 heterocycles. The number of anilines is 1. The van der Waals surface area contributed by atoms with Crippen LogP contribution in [-0.4, -0.2) is 62.0 Å². The summed E-state index contributed by atoms with van der Waals surface area (Å²) >= 11 is 0. The molecule has 11 nitrogen and oxygen atoms in total. The van der Waals surface area contributed by atoms with E-state index in [1.165, 1.54) is 0 Å². The predicted octanol–water partition coefficient (Wildman–Crippen LogP) is 1.69. The van der Waals surface area contributed by atoms with Gasteiger partial charge >= 0.3 is 0 Å². The maximum atomic E-state index is 13.2. The van der Waals surface area contributed by atoms with Gasteiger partial charge < -0.3 is 4.90 Å². The number of fused-ring (bicyclic) bond motifs is 2. The Labute approximate surface area is 211 Å². The molecule has 37 heavy (non-hydrogen) atoms. The summed E-state index contributed by atoms with van der Waals surface area (Å²) in [5.74, 6) is -2.22. The van der Waals surface area contributed by atoms with Crippen molar-refractivity contribution in [2.45, 2.75) is 38.3 Å². The van der Waals surface area contributed by atoms with E-state index in [-0.39, 0.29) is 35.9 Å². The highest BCUT2D eigenvalue weighted by Crippen LogP contribution is 2.37. The molecule has 1 N–H and O–H groups in total. The highest BCUT2D eigenvalue weighted by atomic mass is 16.2. The average molecular weight is 498 g/mol. The van der Waals surface area contributed by atoms with Crippen LogP contribution in [0, 0.1) is 0 Å². The summed E-state index contributed by atoms with van der Waals surface area (Å²) in [4.78, 5) is 64.7. The summed E-state index contributed by atoms with van der Waals surface area (Å²) in [6, 6.07) is 11.4. The second-order valence-electron chi connectivity index (χ2n) is 9.33. The number of aromatic nitrogens is 3. The van der Waals surface area contributed by atoms with Crippen molar-refractivity contribution in [3.63, 3.8) is 0 Å². The lowest BCUT2D eigenvalue weighted by molar-refractivity contribution is -0.136. The minimum Gasteiger partial charge on any atom is -0.312 e. The number of piperidine rings is 1. The van der Waals surface area contributed by atoms with E-state index in [4.69, 9.17) is 0 Å². The van der Waals surface area contributed by atoms with E-state index in [0.29, 0.717) is 24.2 Å². The molecule has 1 fully saturated rings. The first kappa shape index (κ1) is 22.8. The van der Waals surface area contributed by atoms with Gasteiger partial charge in [-0.3, -0.25) is 34.2 Å². The van der Waals surface area contributed by atoms with Crippen molar-refractivity contribution in [3.8, 4) is 11.3 Å².